The predicted molar refractivity (Wildman–Crippen MR) is 74.6 cm³/mol. The first-order chi connectivity index (χ1) is 9.37. The van der Waals surface area contributed by atoms with Gasteiger partial charge in [0.1, 0.15) is 5.60 Å². The summed E-state index contributed by atoms with van der Waals surface area (Å²) in [5.74, 6) is 0. The Morgan fingerprint density at radius 3 is 2.70 bits per heavy atom. The fourth-order valence-corrected chi connectivity index (χ4v) is 2.70. The Kier molecular flexibility index (Phi) is 4.88. The maximum atomic E-state index is 12.1. The zero-order valence-corrected chi connectivity index (χ0v) is 12.7. The van der Waals surface area contributed by atoms with Crippen molar-refractivity contribution in [3.05, 3.63) is 0 Å². The minimum Gasteiger partial charge on any atom is -0.444 e. The SMILES string of the molecule is CC(C)(C)OC(=O)N1CC(O)C(N2CCCOCC2)C1. The molecule has 2 saturated heterocycles. The van der Waals surface area contributed by atoms with E-state index in [4.69, 9.17) is 9.47 Å². The highest BCUT2D eigenvalue weighted by atomic mass is 16.6. The second kappa shape index (κ2) is 6.28. The molecule has 0 aromatic heterocycles. The Balaban J connectivity index is 1.92. The summed E-state index contributed by atoms with van der Waals surface area (Å²) in [5, 5.41) is 10.2. The zero-order valence-electron chi connectivity index (χ0n) is 12.7. The minimum atomic E-state index is -0.513. The molecule has 20 heavy (non-hydrogen) atoms. The van der Waals surface area contributed by atoms with Gasteiger partial charge in [0.15, 0.2) is 0 Å². The molecule has 2 atom stereocenters. The lowest BCUT2D eigenvalue weighted by Gasteiger charge is -2.28. The Labute approximate surface area is 120 Å². The second-order valence-corrected chi connectivity index (χ2v) is 6.52. The molecule has 0 aromatic rings. The number of ether oxygens (including phenoxy) is 2. The highest BCUT2D eigenvalue weighted by Gasteiger charge is 2.39. The van der Waals surface area contributed by atoms with Gasteiger partial charge in [0, 0.05) is 26.2 Å². The Morgan fingerprint density at radius 2 is 2.00 bits per heavy atom. The molecule has 0 radical (unpaired) electrons. The molecule has 2 rings (SSSR count). The van der Waals surface area contributed by atoms with E-state index >= 15 is 0 Å². The smallest absolute Gasteiger partial charge is 0.410 e. The Hall–Kier alpha value is -0.850. The van der Waals surface area contributed by atoms with Crippen LogP contribution in [0.25, 0.3) is 0 Å². The third-order valence-corrected chi connectivity index (χ3v) is 3.64. The van der Waals surface area contributed by atoms with Crippen molar-refractivity contribution in [2.75, 3.05) is 39.4 Å². The van der Waals surface area contributed by atoms with Gasteiger partial charge in [-0.05, 0) is 27.2 Å². The van der Waals surface area contributed by atoms with E-state index < -0.39 is 11.7 Å². The van der Waals surface area contributed by atoms with E-state index in [0.717, 1.165) is 26.1 Å². The van der Waals surface area contributed by atoms with E-state index in [1.165, 1.54) is 0 Å². The van der Waals surface area contributed by atoms with Crippen molar-refractivity contribution in [1.29, 1.82) is 0 Å². The van der Waals surface area contributed by atoms with E-state index in [9.17, 15) is 9.90 Å². The lowest BCUT2D eigenvalue weighted by molar-refractivity contribution is 0.0269. The summed E-state index contributed by atoms with van der Waals surface area (Å²) >= 11 is 0. The maximum absolute atomic E-state index is 12.1. The summed E-state index contributed by atoms with van der Waals surface area (Å²) in [7, 11) is 0. The van der Waals surface area contributed by atoms with Crippen LogP contribution in [0, 0.1) is 0 Å². The van der Waals surface area contributed by atoms with Crippen molar-refractivity contribution >= 4 is 6.09 Å². The number of aliphatic hydroxyl groups excluding tert-OH is 1. The van der Waals surface area contributed by atoms with E-state index in [0.29, 0.717) is 19.7 Å². The highest BCUT2D eigenvalue weighted by molar-refractivity contribution is 5.68. The molecule has 2 aliphatic heterocycles. The van der Waals surface area contributed by atoms with Crippen molar-refractivity contribution < 1.29 is 19.4 Å². The number of aliphatic hydroxyl groups is 1. The van der Waals surface area contributed by atoms with E-state index in [1.807, 2.05) is 20.8 Å². The molecule has 1 amide bonds. The van der Waals surface area contributed by atoms with E-state index in [2.05, 4.69) is 4.90 Å². The molecule has 0 saturated carbocycles. The Bertz CT molecular complexity index is 335. The van der Waals surface area contributed by atoms with Gasteiger partial charge in [0.25, 0.3) is 0 Å². The fourth-order valence-electron chi connectivity index (χ4n) is 2.70. The lowest BCUT2D eigenvalue weighted by atomic mass is 10.2. The van der Waals surface area contributed by atoms with Crippen molar-refractivity contribution in [2.24, 2.45) is 0 Å². The van der Waals surface area contributed by atoms with Crippen LogP contribution in [0.1, 0.15) is 27.2 Å². The number of β-amino-alcohol motifs (C(OH)–C–C–N with tert-alkyl or cyclic N) is 1. The molecule has 0 aliphatic carbocycles. The van der Waals surface area contributed by atoms with Crippen molar-refractivity contribution in [3.8, 4) is 0 Å². The molecular formula is C14H26N2O4. The first-order valence-corrected chi connectivity index (χ1v) is 7.34. The molecule has 1 N–H and O–H groups in total. The quantitative estimate of drug-likeness (QED) is 0.768. The number of nitrogens with zero attached hydrogens (tertiary/aromatic N) is 2. The van der Waals surface area contributed by atoms with Crippen LogP contribution in [0.2, 0.25) is 0 Å². The molecule has 6 nitrogen and oxygen atoms in total. The van der Waals surface area contributed by atoms with Gasteiger partial charge in [-0.2, -0.15) is 0 Å². The normalized spacial score (nSPS) is 29.3. The van der Waals surface area contributed by atoms with Crippen LogP contribution in [-0.4, -0.2) is 78.1 Å². The molecule has 6 heteroatoms. The largest absolute Gasteiger partial charge is 0.444 e. The van der Waals surface area contributed by atoms with Crippen LogP contribution in [0.5, 0.6) is 0 Å². The second-order valence-electron chi connectivity index (χ2n) is 6.52. The van der Waals surface area contributed by atoms with Gasteiger partial charge < -0.3 is 19.5 Å². The summed E-state index contributed by atoms with van der Waals surface area (Å²) in [4.78, 5) is 15.9. The monoisotopic (exact) mass is 286 g/mol. The first-order valence-electron chi connectivity index (χ1n) is 7.34. The average Bonchev–Trinajstić information content (AvgIpc) is 2.57. The van der Waals surface area contributed by atoms with E-state index in [1.54, 1.807) is 4.90 Å². The summed E-state index contributed by atoms with van der Waals surface area (Å²) in [6.45, 7) is 9.59. The standard InChI is InChI=1S/C14H26N2O4/c1-14(2,3)20-13(18)16-9-11(12(17)10-16)15-5-4-7-19-8-6-15/h11-12,17H,4-10H2,1-3H3. The third-order valence-electron chi connectivity index (χ3n) is 3.64. The van der Waals surface area contributed by atoms with Gasteiger partial charge >= 0.3 is 6.09 Å². The van der Waals surface area contributed by atoms with Gasteiger partial charge in [-0.3, -0.25) is 4.90 Å². The molecular weight excluding hydrogens is 260 g/mol. The molecule has 2 heterocycles. The van der Waals surface area contributed by atoms with Crippen LogP contribution in [0.15, 0.2) is 0 Å². The number of likely N-dealkylation sites (tertiary alicyclic amines) is 1. The average molecular weight is 286 g/mol. The Morgan fingerprint density at radius 1 is 1.25 bits per heavy atom. The van der Waals surface area contributed by atoms with Crippen LogP contribution < -0.4 is 0 Å². The van der Waals surface area contributed by atoms with Crippen LogP contribution in [0.4, 0.5) is 4.79 Å². The maximum Gasteiger partial charge on any atom is 0.410 e. The van der Waals surface area contributed by atoms with Crippen LogP contribution in [0.3, 0.4) is 0 Å². The highest BCUT2D eigenvalue weighted by Crippen LogP contribution is 2.20. The number of carbonyl (C=O) groups excluding carboxylic acids is 1. The molecule has 2 fully saturated rings. The van der Waals surface area contributed by atoms with Crippen molar-refractivity contribution in [3.63, 3.8) is 0 Å². The molecule has 0 bridgehead atoms. The van der Waals surface area contributed by atoms with Crippen LogP contribution >= 0.6 is 0 Å². The molecule has 116 valence electrons. The first kappa shape index (κ1) is 15.5. The van der Waals surface area contributed by atoms with Gasteiger partial charge in [-0.1, -0.05) is 0 Å². The van der Waals surface area contributed by atoms with E-state index in [-0.39, 0.29) is 12.1 Å². The minimum absolute atomic E-state index is 0.00998. The van der Waals surface area contributed by atoms with Crippen molar-refractivity contribution in [1.82, 2.24) is 9.80 Å². The number of hydrogen-bond donors (Lipinski definition) is 1. The summed E-state index contributed by atoms with van der Waals surface area (Å²) < 4.78 is 10.8. The topological polar surface area (TPSA) is 62.2 Å². The van der Waals surface area contributed by atoms with Gasteiger partial charge in [-0.15, -0.1) is 0 Å². The number of amides is 1. The summed E-state index contributed by atoms with van der Waals surface area (Å²) in [6.07, 6.45) is 0.112. The number of carbonyl (C=O) groups is 1. The molecule has 0 spiro atoms. The third kappa shape index (κ3) is 4.07. The number of hydrogen-bond acceptors (Lipinski definition) is 5. The van der Waals surface area contributed by atoms with Gasteiger partial charge in [0.2, 0.25) is 0 Å². The predicted octanol–water partition coefficient (Wildman–Crippen LogP) is 0.689. The lowest BCUT2D eigenvalue weighted by Crippen LogP contribution is -2.44. The zero-order chi connectivity index (χ0) is 14.8. The fraction of sp³-hybridized carbons (Fsp3) is 0.929. The molecule has 2 unspecified atom stereocenters. The van der Waals surface area contributed by atoms with Crippen molar-refractivity contribution in [2.45, 2.75) is 44.9 Å². The van der Waals surface area contributed by atoms with Crippen LogP contribution in [-0.2, 0) is 9.47 Å². The molecule has 2 aliphatic rings. The summed E-state index contributed by atoms with van der Waals surface area (Å²) in [6, 6.07) is -0.00998. The van der Waals surface area contributed by atoms with Gasteiger partial charge in [-0.25, -0.2) is 4.79 Å². The number of rotatable bonds is 1. The molecule has 0 aromatic carbocycles. The van der Waals surface area contributed by atoms with Gasteiger partial charge in [0.05, 0.1) is 25.3 Å². The summed E-state index contributed by atoms with van der Waals surface area (Å²) in [5.41, 5.74) is -0.503.